The normalized spacial score (nSPS) is 11.0. The molecule has 31 heavy (non-hydrogen) atoms. The standard InChI is InChI=1S/C24H22F2N4O/c1-3-4-10-31-21-13-17(15-7-8-19(25)20(26)12-15)11-18-22(21)29-23(30-24(18)27-2)16-6-5-9-28-14-16/h5-9,11-14H,3-4,10H2,1-2H3,(H,27,29,30). The third-order valence-electron chi connectivity index (χ3n) is 4.93. The first-order valence-electron chi connectivity index (χ1n) is 10.1. The highest BCUT2D eigenvalue weighted by molar-refractivity contribution is 5.97. The Morgan fingerprint density at radius 2 is 1.84 bits per heavy atom. The number of nitrogens with one attached hydrogen (secondary N) is 1. The molecule has 0 spiro atoms. The fraction of sp³-hybridized carbons (Fsp3) is 0.208. The van der Waals surface area contributed by atoms with Crippen LogP contribution in [0.25, 0.3) is 33.4 Å². The number of ether oxygens (including phenoxy) is 1. The lowest BCUT2D eigenvalue weighted by Gasteiger charge is -2.15. The van der Waals surface area contributed by atoms with E-state index in [1.807, 2.05) is 24.3 Å². The highest BCUT2D eigenvalue weighted by atomic mass is 19.2. The molecule has 0 saturated heterocycles. The Bertz CT molecular complexity index is 1220. The van der Waals surface area contributed by atoms with Gasteiger partial charge in [-0.25, -0.2) is 18.7 Å². The van der Waals surface area contributed by atoms with E-state index in [1.165, 1.54) is 6.07 Å². The molecule has 0 fully saturated rings. The number of benzene rings is 2. The minimum atomic E-state index is -0.900. The van der Waals surface area contributed by atoms with Gasteiger partial charge in [-0.3, -0.25) is 4.98 Å². The lowest BCUT2D eigenvalue weighted by Crippen LogP contribution is -2.03. The zero-order valence-corrected chi connectivity index (χ0v) is 17.3. The summed E-state index contributed by atoms with van der Waals surface area (Å²) >= 11 is 0. The second-order valence-electron chi connectivity index (χ2n) is 7.09. The summed E-state index contributed by atoms with van der Waals surface area (Å²) in [6.07, 6.45) is 5.26. The fourth-order valence-corrected chi connectivity index (χ4v) is 3.29. The molecule has 0 amide bonds. The Labute approximate surface area is 179 Å². The monoisotopic (exact) mass is 420 g/mol. The van der Waals surface area contributed by atoms with Gasteiger partial charge in [0.05, 0.1) is 6.61 Å². The summed E-state index contributed by atoms with van der Waals surface area (Å²) < 4.78 is 33.4. The number of nitrogens with zero attached hydrogens (tertiary/aromatic N) is 3. The summed E-state index contributed by atoms with van der Waals surface area (Å²) in [7, 11) is 1.77. The van der Waals surface area contributed by atoms with Crippen LogP contribution >= 0.6 is 0 Å². The van der Waals surface area contributed by atoms with Crippen LogP contribution in [0.2, 0.25) is 0 Å². The Morgan fingerprint density at radius 1 is 0.968 bits per heavy atom. The average molecular weight is 420 g/mol. The second-order valence-corrected chi connectivity index (χ2v) is 7.09. The third-order valence-corrected chi connectivity index (χ3v) is 4.93. The van der Waals surface area contributed by atoms with E-state index in [9.17, 15) is 8.78 Å². The molecule has 7 heteroatoms. The second kappa shape index (κ2) is 9.04. The smallest absolute Gasteiger partial charge is 0.163 e. The van der Waals surface area contributed by atoms with E-state index < -0.39 is 11.6 Å². The maximum absolute atomic E-state index is 13.9. The molecule has 0 atom stereocenters. The van der Waals surface area contributed by atoms with Crippen molar-refractivity contribution in [2.45, 2.75) is 19.8 Å². The van der Waals surface area contributed by atoms with Crippen LogP contribution in [-0.2, 0) is 0 Å². The molecule has 4 rings (SSSR count). The summed E-state index contributed by atoms with van der Waals surface area (Å²) in [6, 6.07) is 11.2. The largest absolute Gasteiger partial charge is 0.491 e. The van der Waals surface area contributed by atoms with E-state index >= 15 is 0 Å². The number of pyridine rings is 1. The zero-order chi connectivity index (χ0) is 21.8. The Balaban J connectivity index is 1.93. The van der Waals surface area contributed by atoms with Crippen LogP contribution in [0, 0.1) is 11.6 Å². The van der Waals surface area contributed by atoms with Crippen LogP contribution in [0.5, 0.6) is 5.75 Å². The summed E-state index contributed by atoms with van der Waals surface area (Å²) in [6.45, 7) is 2.61. The molecule has 158 valence electrons. The van der Waals surface area contributed by atoms with E-state index in [2.05, 4.69) is 22.2 Å². The van der Waals surface area contributed by atoms with Crippen LogP contribution in [0.1, 0.15) is 19.8 Å². The molecule has 0 aliphatic rings. The van der Waals surface area contributed by atoms with Crippen molar-refractivity contribution >= 4 is 16.7 Å². The maximum atomic E-state index is 13.9. The molecule has 0 radical (unpaired) electrons. The van der Waals surface area contributed by atoms with Crippen molar-refractivity contribution in [2.75, 3.05) is 19.0 Å². The van der Waals surface area contributed by atoms with Gasteiger partial charge in [0.2, 0.25) is 0 Å². The van der Waals surface area contributed by atoms with Crippen LogP contribution < -0.4 is 10.1 Å². The van der Waals surface area contributed by atoms with Crippen molar-refractivity contribution in [1.82, 2.24) is 15.0 Å². The molecule has 2 heterocycles. The van der Waals surface area contributed by atoms with Crippen LogP contribution in [0.3, 0.4) is 0 Å². The lowest BCUT2D eigenvalue weighted by atomic mass is 10.0. The molecule has 0 saturated carbocycles. The fourth-order valence-electron chi connectivity index (χ4n) is 3.29. The van der Waals surface area contributed by atoms with Crippen molar-refractivity contribution in [3.05, 3.63) is 66.5 Å². The highest BCUT2D eigenvalue weighted by Crippen LogP contribution is 2.36. The number of anilines is 1. The Hall–Kier alpha value is -3.61. The summed E-state index contributed by atoms with van der Waals surface area (Å²) in [5.41, 5.74) is 2.65. The van der Waals surface area contributed by atoms with Gasteiger partial charge in [0.15, 0.2) is 17.5 Å². The van der Waals surface area contributed by atoms with Crippen molar-refractivity contribution < 1.29 is 13.5 Å². The van der Waals surface area contributed by atoms with Crippen LogP contribution in [0.15, 0.2) is 54.9 Å². The summed E-state index contributed by atoms with van der Waals surface area (Å²) in [4.78, 5) is 13.5. The summed E-state index contributed by atoms with van der Waals surface area (Å²) in [5.74, 6) is -0.0957. The number of hydrogen-bond acceptors (Lipinski definition) is 5. The van der Waals surface area contributed by atoms with Crippen molar-refractivity contribution in [3.63, 3.8) is 0 Å². The van der Waals surface area contributed by atoms with Crippen molar-refractivity contribution in [1.29, 1.82) is 0 Å². The number of rotatable bonds is 7. The molecule has 2 aromatic heterocycles. The summed E-state index contributed by atoms with van der Waals surface area (Å²) in [5, 5.41) is 3.84. The predicted molar refractivity (Wildman–Crippen MR) is 118 cm³/mol. The molecule has 1 N–H and O–H groups in total. The first-order valence-corrected chi connectivity index (χ1v) is 10.1. The molecule has 0 unspecified atom stereocenters. The number of hydrogen-bond donors (Lipinski definition) is 1. The Morgan fingerprint density at radius 3 is 2.55 bits per heavy atom. The van der Waals surface area contributed by atoms with Crippen molar-refractivity contribution in [2.24, 2.45) is 0 Å². The first-order chi connectivity index (χ1) is 15.1. The SMILES string of the molecule is CCCCOc1cc(-c2ccc(F)c(F)c2)cc2c(NC)nc(-c3cccnc3)nc12. The average Bonchev–Trinajstić information content (AvgIpc) is 2.80. The van der Waals surface area contributed by atoms with Gasteiger partial charge in [0.25, 0.3) is 0 Å². The topological polar surface area (TPSA) is 59.9 Å². The van der Waals surface area contributed by atoms with E-state index in [4.69, 9.17) is 9.72 Å². The van der Waals surface area contributed by atoms with Gasteiger partial charge >= 0.3 is 0 Å². The van der Waals surface area contributed by atoms with Gasteiger partial charge in [0, 0.05) is 30.4 Å². The maximum Gasteiger partial charge on any atom is 0.163 e. The van der Waals surface area contributed by atoms with Gasteiger partial charge in [-0.2, -0.15) is 0 Å². The van der Waals surface area contributed by atoms with Gasteiger partial charge in [-0.05, 0) is 53.9 Å². The molecular weight excluding hydrogens is 398 g/mol. The Kier molecular flexibility index (Phi) is 6.02. The predicted octanol–water partition coefficient (Wildman–Crippen LogP) is 5.86. The number of halogens is 2. The molecular formula is C24H22F2N4O. The number of fused-ring (bicyclic) bond motifs is 1. The molecule has 0 bridgehead atoms. The third kappa shape index (κ3) is 4.30. The van der Waals surface area contributed by atoms with Gasteiger partial charge in [0.1, 0.15) is 17.1 Å². The van der Waals surface area contributed by atoms with Crippen LogP contribution in [-0.4, -0.2) is 28.6 Å². The van der Waals surface area contributed by atoms with Gasteiger partial charge in [-0.1, -0.05) is 19.4 Å². The van der Waals surface area contributed by atoms with Crippen LogP contribution in [0.4, 0.5) is 14.6 Å². The molecule has 0 aliphatic heterocycles. The minimum absolute atomic E-state index is 0.519. The van der Waals surface area contributed by atoms with E-state index in [0.29, 0.717) is 40.6 Å². The van der Waals surface area contributed by atoms with Crippen molar-refractivity contribution in [3.8, 4) is 28.3 Å². The van der Waals surface area contributed by atoms with Gasteiger partial charge in [-0.15, -0.1) is 0 Å². The lowest BCUT2D eigenvalue weighted by molar-refractivity contribution is 0.312. The first kappa shape index (κ1) is 20.7. The number of aromatic nitrogens is 3. The van der Waals surface area contributed by atoms with Gasteiger partial charge < -0.3 is 10.1 Å². The number of unbranched alkanes of at least 4 members (excludes halogenated alkanes) is 1. The van der Waals surface area contributed by atoms with E-state index in [0.717, 1.165) is 29.9 Å². The minimum Gasteiger partial charge on any atom is -0.491 e. The zero-order valence-electron chi connectivity index (χ0n) is 17.3. The highest BCUT2D eigenvalue weighted by Gasteiger charge is 2.16. The van der Waals surface area contributed by atoms with E-state index in [-0.39, 0.29) is 0 Å². The quantitative estimate of drug-likeness (QED) is 0.380. The molecule has 4 aromatic rings. The molecule has 5 nitrogen and oxygen atoms in total. The molecule has 2 aromatic carbocycles. The molecule has 0 aliphatic carbocycles. The van der Waals surface area contributed by atoms with E-state index in [1.54, 1.807) is 25.5 Å².